The number of aromatic amines is 1. The van der Waals surface area contributed by atoms with E-state index in [4.69, 9.17) is 0 Å². The normalized spacial score (nSPS) is 27.8. The largest absolute Gasteiger partial charge is 0.341 e. The summed E-state index contributed by atoms with van der Waals surface area (Å²) >= 11 is 0. The van der Waals surface area contributed by atoms with E-state index in [1.54, 1.807) is 0 Å². The molecule has 1 heterocycles. The van der Waals surface area contributed by atoms with E-state index in [9.17, 15) is 0 Å². The minimum Gasteiger partial charge on any atom is -0.341 e. The lowest BCUT2D eigenvalue weighted by Gasteiger charge is -2.35. The van der Waals surface area contributed by atoms with Gasteiger partial charge in [-0.15, -0.1) is 0 Å². The third-order valence-corrected chi connectivity index (χ3v) is 4.49. The van der Waals surface area contributed by atoms with Crippen LogP contribution in [0.5, 0.6) is 0 Å². The Hall–Kier alpha value is -1.35. The van der Waals surface area contributed by atoms with Gasteiger partial charge in [-0.1, -0.05) is 32.4 Å². The molecule has 0 amide bonds. The van der Waals surface area contributed by atoms with Crippen molar-refractivity contribution in [1.29, 1.82) is 0 Å². The first-order valence-corrected chi connectivity index (χ1v) is 7.41. The molecule has 3 rings (SSSR count). The predicted octanol–water partition coefficient (Wildman–Crippen LogP) is 3.48. The molecule has 3 heteroatoms. The molecule has 1 aromatic carbocycles. The van der Waals surface area contributed by atoms with Crippen LogP contribution in [0.4, 0.5) is 0 Å². The van der Waals surface area contributed by atoms with Gasteiger partial charge < -0.3 is 10.3 Å². The second kappa shape index (κ2) is 5.33. The maximum Gasteiger partial charge on any atom is 0.121 e. The summed E-state index contributed by atoms with van der Waals surface area (Å²) in [5.74, 6) is 2.59. The fourth-order valence-corrected chi connectivity index (χ4v) is 3.39. The first-order chi connectivity index (χ1) is 9.24. The Labute approximate surface area is 114 Å². The summed E-state index contributed by atoms with van der Waals surface area (Å²) in [6.45, 7) is 5.58. The molecule has 1 aliphatic rings. The van der Waals surface area contributed by atoms with E-state index in [0.29, 0.717) is 6.04 Å². The summed E-state index contributed by atoms with van der Waals surface area (Å²) in [7, 11) is 0. The van der Waals surface area contributed by atoms with E-state index in [2.05, 4.69) is 41.3 Å². The third kappa shape index (κ3) is 2.66. The van der Waals surface area contributed by atoms with Gasteiger partial charge in [-0.3, -0.25) is 0 Å². The van der Waals surface area contributed by atoms with Gasteiger partial charge in [0.15, 0.2) is 0 Å². The average Bonchev–Trinajstić information content (AvgIpc) is 2.81. The van der Waals surface area contributed by atoms with Crippen LogP contribution in [0.2, 0.25) is 0 Å². The number of para-hydroxylation sites is 2. The number of fused-ring (bicyclic) bond motifs is 1. The zero-order valence-electron chi connectivity index (χ0n) is 11.8. The maximum atomic E-state index is 4.63. The van der Waals surface area contributed by atoms with Crippen LogP contribution in [0.1, 0.15) is 38.9 Å². The second-order valence-corrected chi connectivity index (χ2v) is 5.99. The number of H-pyrrole nitrogens is 1. The molecule has 3 nitrogen and oxygen atoms in total. The Balaban J connectivity index is 1.68. The van der Waals surface area contributed by atoms with Crippen molar-refractivity contribution in [3.8, 4) is 0 Å². The molecule has 1 aliphatic carbocycles. The van der Waals surface area contributed by atoms with Gasteiger partial charge in [0.2, 0.25) is 0 Å². The Bertz CT molecular complexity index is 503. The molecule has 2 aromatic rings. The van der Waals surface area contributed by atoms with E-state index >= 15 is 0 Å². The van der Waals surface area contributed by atoms with Crippen LogP contribution in [0.3, 0.4) is 0 Å². The monoisotopic (exact) mass is 257 g/mol. The Kier molecular flexibility index (Phi) is 3.56. The quantitative estimate of drug-likeness (QED) is 0.884. The summed E-state index contributed by atoms with van der Waals surface area (Å²) in [6.07, 6.45) is 4.08. The smallest absolute Gasteiger partial charge is 0.121 e. The van der Waals surface area contributed by atoms with Gasteiger partial charge in [0, 0.05) is 6.04 Å². The highest BCUT2D eigenvalue weighted by atomic mass is 15.0. The lowest BCUT2D eigenvalue weighted by molar-refractivity contribution is 0.207. The third-order valence-electron chi connectivity index (χ3n) is 4.49. The zero-order valence-corrected chi connectivity index (χ0v) is 11.8. The molecule has 0 aliphatic heterocycles. The number of nitrogens with one attached hydrogen (secondary N) is 2. The summed E-state index contributed by atoms with van der Waals surface area (Å²) in [5.41, 5.74) is 2.19. The van der Waals surface area contributed by atoms with E-state index in [1.807, 2.05) is 12.1 Å². The average molecular weight is 257 g/mol. The van der Waals surface area contributed by atoms with Crippen molar-refractivity contribution in [2.45, 2.75) is 45.7 Å². The molecule has 2 unspecified atom stereocenters. The number of rotatable bonds is 3. The summed E-state index contributed by atoms with van der Waals surface area (Å²) in [4.78, 5) is 8.02. The highest BCUT2D eigenvalue weighted by molar-refractivity contribution is 5.74. The first-order valence-electron chi connectivity index (χ1n) is 7.41. The van der Waals surface area contributed by atoms with Crippen molar-refractivity contribution in [3.63, 3.8) is 0 Å². The van der Waals surface area contributed by atoms with E-state index < -0.39 is 0 Å². The van der Waals surface area contributed by atoms with Crippen molar-refractivity contribution in [2.24, 2.45) is 11.8 Å². The van der Waals surface area contributed by atoms with Gasteiger partial charge in [0.05, 0.1) is 17.6 Å². The molecular formula is C16H23N3. The molecule has 0 spiro atoms. The molecule has 0 bridgehead atoms. The first kappa shape index (κ1) is 12.7. The van der Waals surface area contributed by atoms with Crippen LogP contribution >= 0.6 is 0 Å². The van der Waals surface area contributed by atoms with Crippen LogP contribution < -0.4 is 5.32 Å². The summed E-state index contributed by atoms with van der Waals surface area (Å²) < 4.78 is 0. The number of hydrogen-bond donors (Lipinski definition) is 2. The molecule has 1 saturated carbocycles. The number of nitrogens with zero attached hydrogens (tertiary/aromatic N) is 1. The topological polar surface area (TPSA) is 40.7 Å². The minimum absolute atomic E-state index is 0.627. The number of hydrogen-bond acceptors (Lipinski definition) is 2. The van der Waals surface area contributed by atoms with Crippen LogP contribution in [0.25, 0.3) is 11.0 Å². The van der Waals surface area contributed by atoms with Crippen LogP contribution in [-0.4, -0.2) is 16.0 Å². The highest BCUT2D eigenvalue weighted by Gasteiger charge is 2.27. The van der Waals surface area contributed by atoms with E-state index in [0.717, 1.165) is 35.2 Å². The van der Waals surface area contributed by atoms with Crippen molar-refractivity contribution in [2.75, 3.05) is 0 Å². The predicted molar refractivity (Wildman–Crippen MR) is 78.9 cm³/mol. The number of imidazole rings is 1. The molecule has 1 aromatic heterocycles. The van der Waals surface area contributed by atoms with Crippen molar-refractivity contribution in [3.05, 3.63) is 30.1 Å². The van der Waals surface area contributed by atoms with Crippen molar-refractivity contribution >= 4 is 11.0 Å². The van der Waals surface area contributed by atoms with Gasteiger partial charge in [-0.25, -0.2) is 4.98 Å². The van der Waals surface area contributed by atoms with Gasteiger partial charge >= 0.3 is 0 Å². The molecule has 0 radical (unpaired) electrons. The van der Waals surface area contributed by atoms with Gasteiger partial charge in [0.25, 0.3) is 0 Å². The molecule has 102 valence electrons. The zero-order chi connectivity index (χ0) is 13.2. The van der Waals surface area contributed by atoms with Crippen molar-refractivity contribution < 1.29 is 0 Å². The molecule has 1 fully saturated rings. The van der Waals surface area contributed by atoms with E-state index in [-0.39, 0.29) is 0 Å². The number of benzene rings is 1. The highest BCUT2D eigenvalue weighted by Crippen LogP contribution is 2.28. The SMILES string of the molecule is CC1CCCC(C)C1NCc1nc2ccccc2[nH]1. The molecule has 2 atom stereocenters. The van der Waals surface area contributed by atoms with Crippen LogP contribution in [-0.2, 0) is 6.54 Å². The Morgan fingerprint density at radius 2 is 1.95 bits per heavy atom. The maximum absolute atomic E-state index is 4.63. The van der Waals surface area contributed by atoms with Crippen LogP contribution in [0, 0.1) is 11.8 Å². The second-order valence-electron chi connectivity index (χ2n) is 5.99. The van der Waals surface area contributed by atoms with Crippen LogP contribution in [0.15, 0.2) is 24.3 Å². The van der Waals surface area contributed by atoms with E-state index in [1.165, 1.54) is 19.3 Å². The Morgan fingerprint density at radius 1 is 1.21 bits per heavy atom. The fourth-order valence-electron chi connectivity index (χ4n) is 3.39. The standard InChI is InChI=1S/C16H23N3/c1-11-6-5-7-12(2)16(11)17-10-15-18-13-8-3-4-9-14(13)19-15/h3-4,8-9,11-12,16-17H,5-7,10H2,1-2H3,(H,18,19). The minimum atomic E-state index is 0.627. The Morgan fingerprint density at radius 3 is 2.68 bits per heavy atom. The van der Waals surface area contributed by atoms with Crippen molar-refractivity contribution in [1.82, 2.24) is 15.3 Å². The summed E-state index contributed by atoms with van der Waals surface area (Å²) in [5, 5.41) is 3.70. The lowest BCUT2D eigenvalue weighted by Crippen LogP contribution is -2.42. The van der Waals surface area contributed by atoms with Gasteiger partial charge in [-0.2, -0.15) is 0 Å². The fraction of sp³-hybridized carbons (Fsp3) is 0.562. The molecule has 19 heavy (non-hydrogen) atoms. The lowest BCUT2D eigenvalue weighted by atomic mass is 9.79. The summed E-state index contributed by atoms with van der Waals surface area (Å²) in [6, 6.07) is 8.84. The van der Waals surface area contributed by atoms with Gasteiger partial charge in [0.1, 0.15) is 5.82 Å². The molecule has 0 saturated heterocycles. The molecule has 2 N–H and O–H groups in total. The number of aromatic nitrogens is 2. The van der Waals surface area contributed by atoms with Gasteiger partial charge in [-0.05, 0) is 36.8 Å². The molecular weight excluding hydrogens is 234 g/mol.